The van der Waals surface area contributed by atoms with Crippen molar-refractivity contribution in [3.8, 4) is 17.2 Å². The van der Waals surface area contributed by atoms with Gasteiger partial charge in [0.25, 0.3) is 0 Å². The number of aryl methyl sites for hydroxylation is 2. The number of hydrogen-bond donors (Lipinski definition) is 0. The van der Waals surface area contributed by atoms with E-state index in [0.717, 1.165) is 22.4 Å². The summed E-state index contributed by atoms with van der Waals surface area (Å²) in [5, 5.41) is 0. The molecule has 2 aromatic rings. The summed E-state index contributed by atoms with van der Waals surface area (Å²) in [6, 6.07) is 11.6. The number of carbonyl (C=O) groups is 1. The van der Waals surface area contributed by atoms with E-state index in [9.17, 15) is 4.79 Å². The minimum atomic E-state index is -0.0965. The molecule has 27 heavy (non-hydrogen) atoms. The highest BCUT2D eigenvalue weighted by atomic mass is 16.5. The summed E-state index contributed by atoms with van der Waals surface area (Å²) >= 11 is 0. The number of ether oxygens (including phenoxy) is 3. The maximum Gasteiger partial charge on any atom is 0.246 e. The minimum absolute atomic E-state index is 0.0965. The van der Waals surface area contributed by atoms with Crippen molar-refractivity contribution in [2.45, 2.75) is 13.8 Å². The second-order valence-corrected chi connectivity index (χ2v) is 6.41. The first kappa shape index (κ1) is 20.4. The fourth-order valence-corrected chi connectivity index (χ4v) is 2.65. The van der Waals surface area contributed by atoms with Crippen molar-refractivity contribution in [1.82, 2.24) is 4.90 Å². The summed E-state index contributed by atoms with van der Waals surface area (Å²) in [6.07, 6.45) is 3.28. The smallest absolute Gasteiger partial charge is 0.246 e. The molecule has 0 fully saturated rings. The highest BCUT2D eigenvalue weighted by Crippen LogP contribution is 2.23. The molecule has 0 atom stereocenters. The first-order chi connectivity index (χ1) is 12.9. The maximum absolute atomic E-state index is 12.3. The molecule has 0 aliphatic heterocycles. The van der Waals surface area contributed by atoms with Gasteiger partial charge in [0.15, 0.2) is 0 Å². The molecule has 0 bridgehead atoms. The van der Waals surface area contributed by atoms with Gasteiger partial charge < -0.3 is 19.1 Å². The summed E-state index contributed by atoms with van der Waals surface area (Å²) < 4.78 is 16.2. The number of carbonyl (C=O) groups excluding carboxylic acids is 1. The Kier molecular flexibility index (Phi) is 7.29. The first-order valence-electron chi connectivity index (χ1n) is 8.78. The van der Waals surface area contributed by atoms with E-state index in [4.69, 9.17) is 14.2 Å². The second kappa shape index (κ2) is 9.67. The number of hydrogen-bond acceptors (Lipinski definition) is 4. The largest absolute Gasteiger partial charge is 0.497 e. The third-order valence-electron chi connectivity index (χ3n) is 4.06. The molecule has 0 spiro atoms. The van der Waals surface area contributed by atoms with Crippen molar-refractivity contribution in [2.24, 2.45) is 0 Å². The van der Waals surface area contributed by atoms with Gasteiger partial charge in [0.2, 0.25) is 5.91 Å². The standard InChI is InChI=1S/C22H27NO4/c1-16-10-17(2)12-21(11-16)27-9-8-23(3)22(24)7-6-18-13-19(25-4)15-20(14-18)26-5/h6-7,10-15H,8-9H2,1-5H3/b7-6+. The van der Waals surface area contributed by atoms with Gasteiger partial charge in [-0.2, -0.15) is 0 Å². The molecule has 2 rings (SSSR count). The Balaban J connectivity index is 1.90. The SMILES string of the molecule is COc1cc(/C=C/C(=O)N(C)CCOc2cc(C)cc(C)c2)cc(OC)c1. The van der Waals surface area contributed by atoms with Crippen molar-refractivity contribution in [3.05, 3.63) is 59.2 Å². The van der Waals surface area contributed by atoms with E-state index in [0.29, 0.717) is 24.7 Å². The molecule has 144 valence electrons. The van der Waals surface area contributed by atoms with E-state index in [1.807, 2.05) is 38.1 Å². The van der Waals surface area contributed by atoms with Crippen LogP contribution in [0, 0.1) is 13.8 Å². The lowest BCUT2D eigenvalue weighted by atomic mass is 10.1. The third kappa shape index (κ3) is 6.37. The molecule has 0 aromatic heterocycles. The molecule has 0 aliphatic rings. The molecule has 5 heteroatoms. The lowest BCUT2D eigenvalue weighted by Crippen LogP contribution is -2.29. The van der Waals surface area contributed by atoms with E-state index < -0.39 is 0 Å². The minimum Gasteiger partial charge on any atom is -0.497 e. The Bertz CT molecular complexity index is 771. The van der Waals surface area contributed by atoms with Crippen LogP contribution in [0.25, 0.3) is 6.08 Å². The predicted molar refractivity (Wildman–Crippen MR) is 108 cm³/mol. The van der Waals surface area contributed by atoms with E-state index >= 15 is 0 Å². The third-order valence-corrected chi connectivity index (χ3v) is 4.06. The van der Waals surface area contributed by atoms with Crippen LogP contribution in [0.5, 0.6) is 17.2 Å². The molecule has 0 N–H and O–H groups in total. The molecule has 2 aromatic carbocycles. The summed E-state index contributed by atoms with van der Waals surface area (Å²) in [7, 11) is 4.94. The number of amides is 1. The van der Waals surface area contributed by atoms with E-state index in [2.05, 4.69) is 6.07 Å². The summed E-state index contributed by atoms with van der Waals surface area (Å²) in [5.74, 6) is 2.08. The average Bonchev–Trinajstić information content (AvgIpc) is 2.64. The van der Waals surface area contributed by atoms with Crippen LogP contribution in [0.4, 0.5) is 0 Å². The lowest BCUT2D eigenvalue weighted by molar-refractivity contribution is -0.125. The molecule has 0 heterocycles. The zero-order chi connectivity index (χ0) is 19.8. The van der Waals surface area contributed by atoms with Gasteiger partial charge in [0.1, 0.15) is 23.9 Å². The summed E-state index contributed by atoms with van der Waals surface area (Å²) in [6.45, 7) is 5.01. The van der Waals surface area contributed by atoms with Gasteiger partial charge in [-0.15, -0.1) is 0 Å². The van der Waals surface area contributed by atoms with Gasteiger partial charge in [-0.05, 0) is 60.9 Å². The number of methoxy groups -OCH3 is 2. The van der Waals surface area contributed by atoms with Crippen LogP contribution in [0.1, 0.15) is 16.7 Å². The van der Waals surface area contributed by atoms with Gasteiger partial charge in [0.05, 0.1) is 20.8 Å². The Labute approximate surface area is 161 Å². The van der Waals surface area contributed by atoms with Crippen molar-refractivity contribution in [2.75, 3.05) is 34.4 Å². The lowest BCUT2D eigenvalue weighted by Gasteiger charge is -2.16. The molecular formula is C22H27NO4. The number of nitrogens with zero attached hydrogens (tertiary/aromatic N) is 1. The first-order valence-corrected chi connectivity index (χ1v) is 8.78. The Morgan fingerprint density at radius 3 is 2.07 bits per heavy atom. The predicted octanol–water partition coefficient (Wildman–Crippen LogP) is 3.87. The van der Waals surface area contributed by atoms with Crippen LogP contribution in [-0.4, -0.2) is 45.2 Å². The van der Waals surface area contributed by atoms with Gasteiger partial charge in [-0.1, -0.05) is 6.07 Å². The van der Waals surface area contributed by atoms with Crippen LogP contribution in [0.15, 0.2) is 42.5 Å². The molecule has 0 saturated carbocycles. The van der Waals surface area contributed by atoms with Crippen molar-refractivity contribution >= 4 is 12.0 Å². The zero-order valence-electron chi connectivity index (χ0n) is 16.6. The zero-order valence-corrected chi connectivity index (χ0v) is 16.6. The fraction of sp³-hybridized carbons (Fsp3) is 0.318. The van der Waals surface area contributed by atoms with Crippen molar-refractivity contribution in [1.29, 1.82) is 0 Å². The van der Waals surface area contributed by atoms with Crippen molar-refractivity contribution < 1.29 is 19.0 Å². The van der Waals surface area contributed by atoms with E-state index in [1.165, 1.54) is 6.08 Å². The second-order valence-electron chi connectivity index (χ2n) is 6.41. The van der Waals surface area contributed by atoms with Crippen LogP contribution < -0.4 is 14.2 Å². The number of likely N-dealkylation sites (N-methyl/N-ethyl adjacent to an activating group) is 1. The average molecular weight is 369 g/mol. The molecule has 0 unspecified atom stereocenters. The van der Waals surface area contributed by atoms with Crippen molar-refractivity contribution in [3.63, 3.8) is 0 Å². The Morgan fingerprint density at radius 1 is 0.926 bits per heavy atom. The number of rotatable bonds is 8. The van der Waals surface area contributed by atoms with Crippen LogP contribution >= 0.6 is 0 Å². The van der Waals surface area contributed by atoms with Crippen LogP contribution in [0.3, 0.4) is 0 Å². The quantitative estimate of drug-likeness (QED) is 0.663. The van der Waals surface area contributed by atoms with E-state index in [1.54, 1.807) is 38.3 Å². The normalized spacial score (nSPS) is 10.7. The molecule has 1 amide bonds. The van der Waals surface area contributed by atoms with Gasteiger partial charge >= 0.3 is 0 Å². The van der Waals surface area contributed by atoms with Crippen LogP contribution in [0.2, 0.25) is 0 Å². The van der Waals surface area contributed by atoms with Gasteiger partial charge in [-0.3, -0.25) is 4.79 Å². The molecule has 0 saturated heterocycles. The molecular weight excluding hydrogens is 342 g/mol. The maximum atomic E-state index is 12.3. The molecule has 5 nitrogen and oxygen atoms in total. The number of benzene rings is 2. The summed E-state index contributed by atoms with van der Waals surface area (Å²) in [5.41, 5.74) is 3.15. The Hall–Kier alpha value is -2.95. The van der Waals surface area contributed by atoms with Crippen LogP contribution in [-0.2, 0) is 4.79 Å². The highest BCUT2D eigenvalue weighted by molar-refractivity contribution is 5.91. The van der Waals surface area contributed by atoms with Gasteiger partial charge in [0, 0.05) is 19.2 Å². The van der Waals surface area contributed by atoms with Gasteiger partial charge in [-0.25, -0.2) is 0 Å². The molecule has 0 aliphatic carbocycles. The Morgan fingerprint density at radius 2 is 1.52 bits per heavy atom. The highest BCUT2D eigenvalue weighted by Gasteiger charge is 2.06. The molecule has 0 radical (unpaired) electrons. The topological polar surface area (TPSA) is 48.0 Å². The monoisotopic (exact) mass is 369 g/mol. The van der Waals surface area contributed by atoms with E-state index in [-0.39, 0.29) is 5.91 Å². The fourth-order valence-electron chi connectivity index (χ4n) is 2.65. The summed E-state index contributed by atoms with van der Waals surface area (Å²) in [4.78, 5) is 13.9.